The van der Waals surface area contributed by atoms with Crippen molar-refractivity contribution in [1.82, 2.24) is 20.7 Å². The van der Waals surface area contributed by atoms with Gasteiger partial charge in [-0.15, -0.1) is 0 Å². The molecule has 0 aliphatic heterocycles. The standard InChI is InChI=1S/C19H19FN4O2/c1-26-14-5-6-15-11(7-14)3-2-4-12(15)10-21-19(25)16-8-13(20)9-17-18(16)23-24-22-17/h5-9,12H,2-4,10H2,1H3,(H,21,25)(H,22,23,24). The first-order valence-corrected chi connectivity index (χ1v) is 8.60. The highest BCUT2D eigenvalue weighted by molar-refractivity contribution is 6.04. The summed E-state index contributed by atoms with van der Waals surface area (Å²) in [6.07, 6.45) is 3.08. The van der Waals surface area contributed by atoms with Gasteiger partial charge in [0.25, 0.3) is 5.91 Å². The Labute approximate surface area is 149 Å². The molecule has 2 aromatic carbocycles. The maximum atomic E-state index is 13.7. The molecule has 1 atom stereocenters. The first kappa shape index (κ1) is 16.5. The fourth-order valence-electron chi connectivity index (χ4n) is 3.63. The minimum absolute atomic E-state index is 0.194. The lowest BCUT2D eigenvalue weighted by Crippen LogP contribution is -2.30. The van der Waals surface area contributed by atoms with Gasteiger partial charge in [0.1, 0.15) is 22.6 Å². The number of methoxy groups -OCH3 is 1. The average molecular weight is 354 g/mol. The maximum absolute atomic E-state index is 13.7. The zero-order valence-electron chi connectivity index (χ0n) is 14.4. The maximum Gasteiger partial charge on any atom is 0.253 e. The van der Waals surface area contributed by atoms with E-state index < -0.39 is 5.82 Å². The van der Waals surface area contributed by atoms with Crippen molar-refractivity contribution in [2.75, 3.05) is 13.7 Å². The van der Waals surface area contributed by atoms with Gasteiger partial charge in [-0.3, -0.25) is 4.79 Å². The van der Waals surface area contributed by atoms with Crippen LogP contribution in [0.3, 0.4) is 0 Å². The Morgan fingerprint density at radius 3 is 3.08 bits per heavy atom. The number of hydrogen-bond donors (Lipinski definition) is 2. The third kappa shape index (κ3) is 3.00. The fourth-order valence-corrected chi connectivity index (χ4v) is 3.63. The topological polar surface area (TPSA) is 79.9 Å². The molecule has 4 rings (SSSR count). The van der Waals surface area contributed by atoms with Crippen LogP contribution in [0.2, 0.25) is 0 Å². The van der Waals surface area contributed by atoms with E-state index in [-0.39, 0.29) is 17.4 Å². The average Bonchev–Trinajstić information content (AvgIpc) is 3.13. The summed E-state index contributed by atoms with van der Waals surface area (Å²) in [7, 11) is 1.66. The van der Waals surface area contributed by atoms with E-state index in [2.05, 4.69) is 32.9 Å². The molecule has 1 amide bonds. The number of ether oxygens (including phenoxy) is 1. The van der Waals surface area contributed by atoms with Crippen LogP contribution in [0.4, 0.5) is 4.39 Å². The highest BCUT2D eigenvalue weighted by Gasteiger charge is 2.22. The van der Waals surface area contributed by atoms with E-state index in [9.17, 15) is 9.18 Å². The largest absolute Gasteiger partial charge is 0.497 e. The number of aryl methyl sites for hydroxylation is 1. The van der Waals surface area contributed by atoms with Crippen LogP contribution in [0, 0.1) is 5.82 Å². The zero-order chi connectivity index (χ0) is 18.1. The van der Waals surface area contributed by atoms with Crippen LogP contribution in [0.5, 0.6) is 5.75 Å². The van der Waals surface area contributed by atoms with Crippen LogP contribution in [-0.2, 0) is 6.42 Å². The molecule has 0 fully saturated rings. The number of aromatic nitrogens is 3. The second-order valence-corrected chi connectivity index (χ2v) is 6.51. The van der Waals surface area contributed by atoms with E-state index in [0.29, 0.717) is 17.6 Å². The number of halogens is 1. The minimum atomic E-state index is -0.508. The molecule has 1 heterocycles. The molecule has 0 saturated carbocycles. The molecule has 0 saturated heterocycles. The van der Waals surface area contributed by atoms with Gasteiger partial charge in [0, 0.05) is 18.5 Å². The second kappa shape index (κ2) is 6.74. The smallest absolute Gasteiger partial charge is 0.253 e. The van der Waals surface area contributed by atoms with Crippen LogP contribution in [-0.4, -0.2) is 35.0 Å². The Kier molecular flexibility index (Phi) is 4.28. The monoisotopic (exact) mass is 354 g/mol. The van der Waals surface area contributed by atoms with Gasteiger partial charge in [0.05, 0.1) is 12.7 Å². The Hall–Kier alpha value is -2.96. The van der Waals surface area contributed by atoms with E-state index in [0.717, 1.165) is 25.0 Å². The molecule has 6 nitrogen and oxygen atoms in total. The Morgan fingerprint density at radius 2 is 2.23 bits per heavy atom. The minimum Gasteiger partial charge on any atom is -0.497 e. The summed E-state index contributed by atoms with van der Waals surface area (Å²) in [4.78, 5) is 12.6. The van der Waals surface area contributed by atoms with Gasteiger partial charge in [0.15, 0.2) is 0 Å². The van der Waals surface area contributed by atoms with Gasteiger partial charge in [0.2, 0.25) is 0 Å². The molecule has 0 bridgehead atoms. The number of rotatable bonds is 4. The fraction of sp³-hybridized carbons (Fsp3) is 0.316. The second-order valence-electron chi connectivity index (χ2n) is 6.51. The molecule has 1 unspecified atom stereocenters. The van der Waals surface area contributed by atoms with Gasteiger partial charge >= 0.3 is 0 Å². The summed E-state index contributed by atoms with van der Waals surface area (Å²) in [6, 6.07) is 8.53. The van der Waals surface area contributed by atoms with E-state index in [1.54, 1.807) is 7.11 Å². The highest BCUT2D eigenvalue weighted by Crippen LogP contribution is 2.33. The summed E-state index contributed by atoms with van der Waals surface area (Å²) in [5, 5.41) is 13.2. The quantitative estimate of drug-likeness (QED) is 0.755. The summed E-state index contributed by atoms with van der Waals surface area (Å²) < 4.78 is 19.0. The van der Waals surface area contributed by atoms with Gasteiger partial charge in [-0.1, -0.05) is 6.07 Å². The van der Waals surface area contributed by atoms with E-state index in [1.165, 1.54) is 23.3 Å². The number of H-pyrrole nitrogens is 1. The number of nitrogens with one attached hydrogen (secondary N) is 2. The van der Waals surface area contributed by atoms with Crippen LogP contribution in [0.15, 0.2) is 30.3 Å². The summed E-state index contributed by atoms with van der Waals surface area (Å²) in [6.45, 7) is 0.494. The normalized spacial score (nSPS) is 16.3. The molecular formula is C19H19FN4O2. The van der Waals surface area contributed by atoms with Gasteiger partial charge < -0.3 is 10.1 Å². The summed E-state index contributed by atoms with van der Waals surface area (Å²) in [5.41, 5.74) is 3.41. The molecule has 1 aliphatic carbocycles. The molecule has 26 heavy (non-hydrogen) atoms. The molecular weight excluding hydrogens is 335 g/mol. The number of carbonyl (C=O) groups excluding carboxylic acids is 1. The summed E-state index contributed by atoms with van der Waals surface area (Å²) in [5.74, 6) is 0.229. The summed E-state index contributed by atoms with van der Waals surface area (Å²) >= 11 is 0. The van der Waals surface area contributed by atoms with Crippen molar-refractivity contribution >= 4 is 16.9 Å². The number of benzene rings is 2. The van der Waals surface area contributed by atoms with Gasteiger partial charge in [-0.05, 0) is 48.6 Å². The molecule has 134 valence electrons. The van der Waals surface area contributed by atoms with Crippen LogP contribution in [0.1, 0.15) is 40.2 Å². The predicted molar refractivity (Wildman–Crippen MR) is 94.9 cm³/mol. The number of amides is 1. The molecule has 7 heteroatoms. The molecule has 3 aromatic rings. The first-order valence-electron chi connectivity index (χ1n) is 8.60. The van der Waals surface area contributed by atoms with Crippen molar-refractivity contribution in [2.24, 2.45) is 0 Å². The predicted octanol–water partition coefficient (Wildman–Crippen LogP) is 2.96. The van der Waals surface area contributed by atoms with Crippen molar-refractivity contribution in [1.29, 1.82) is 0 Å². The first-order chi connectivity index (χ1) is 12.7. The van der Waals surface area contributed by atoms with E-state index in [4.69, 9.17) is 4.74 Å². The number of aromatic amines is 1. The molecule has 1 aliphatic rings. The van der Waals surface area contributed by atoms with Gasteiger partial charge in [-0.25, -0.2) is 4.39 Å². The highest BCUT2D eigenvalue weighted by atomic mass is 19.1. The van der Waals surface area contributed by atoms with Crippen molar-refractivity contribution in [3.05, 3.63) is 52.8 Å². The number of hydrogen-bond acceptors (Lipinski definition) is 4. The van der Waals surface area contributed by atoms with Crippen molar-refractivity contribution in [3.63, 3.8) is 0 Å². The molecule has 0 radical (unpaired) electrons. The lowest BCUT2D eigenvalue weighted by Gasteiger charge is -2.26. The SMILES string of the molecule is COc1ccc2c(c1)CCCC2CNC(=O)c1cc(F)cc2n[nH]nc12. The van der Waals surface area contributed by atoms with Gasteiger partial charge in [-0.2, -0.15) is 15.4 Å². The van der Waals surface area contributed by atoms with Crippen molar-refractivity contribution in [3.8, 4) is 5.75 Å². The molecule has 0 spiro atoms. The Morgan fingerprint density at radius 1 is 1.35 bits per heavy atom. The van der Waals surface area contributed by atoms with Crippen LogP contribution >= 0.6 is 0 Å². The van der Waals surface area contributed by atoms with Crippen molar-refractivity contribution in [2.45, 2.75) is 25.2 Å². The van der Waals surface area contributed by atoms with Crippen LogP contribution in [0.25, 0.3) is 11.0 Å². The lowest BCUT2D eigenvalue weighted by molar-refractivity contribution is 0.0951. The number of nitrogens with zero attached hydrogens (tertiary/aromatic N) is 2. The third-order valence-electron chi connectivity index (χ3n) is 4.93. The van der Waals surface area contributed by atoms with E-state index >= 15 is 0 Å². The van der Waals surface area contributed by atoms with Crippen LogP contribution < -0.4 is 10.1 Å². The Balaban J connectivity index is 1.53. The molecule has 2 N–H and O–H groups in total. The number of carbonyl (C=O) groups is 1. The Bertz CT molecular complexity index is 969. The molecule has 1 aromatic heterocycles. The zero-order valence-corrected chi connectivity index (χ0v) is 14.4. The number of fused-ring (bicyclic) bond motifs is 2. The van der Waals surface area contributed by atoms with Crippen molar-refractivity contribution < 1.29 is 13.9 Å². The van der Waals surface area contributed by atoms with E-state index in [1.807, 2.05) is 6.07 Å². The third-order valence-corrected chi connectivity index (χ3v) is 4.93. The lowest BCUT2D eigenvalue weighted by atomic mass is 9.82.